The van der Waals surface area contributed by atoms with Crippen molar-refractivity contribution in [1.29, 1.82) is 0 Å². The molecule has 0 saturated heterocycles. The number of aromatic carboxylic acids is 1. The molecule has 1 aromatic heterocycles. The number of carbonyl (C=O) groups is 1. The molecule has 0 unspecified atom stereocenters. The highest BCUT2D eigenvalue weighted by Crippen LogP contribution is 2.43. The Bertz CT molecular complexity index is 916. The molecule has 1 aliphatic carbocycles. The van der Waals surface area contributed by atoms with Gasteiger partial charge in [-0.3, -0.25) is 4.79 Å². The Kier molecular flexibility index (Phi) is 3.75. The number of carboxylic acid groups (broad SMARTS) is 1. The lowest BCUT2D eigenvalue weighted by Crippen LogP contribution is -2.22. The van der Waals surface area contributed by atoms with Crippen molar-refractivity contribution in [3.05, 3.63) is 38.5 Å². The fourth-order valence-electron chi connectivity index (χ4n) is 2.71. The fourth-order valence-corrected chi connectivity index (χ4v) is 2.98. The van der Waals surface area contributed by atoms with E-state index >= 15 is 0 Å². The van der Waals surface area contributed by atoms with Crippen molar-refractivity contribution in [2.45, 2.75) is 25.1 Å². The van der Waals surface area contributed by atoms with Crippen LogP contribution in [0.3, 0.4) is 0 Å². The van der Waals surface area contributed by atoms with Crippen molar-refractivity contribution in [2.24, 2.45) is 0 Å². The van der Waals surface area contributed by atoms with Gasteiger partial charge in [0.15, 0.2) is 5.56 Å². The van der Waals surface area contributed by atoms with Crippen LogP contribution in [0.25, 0.3) is 10.9 Å². The molecule has 1 saturated carbocycles. The van der Waals surface area contributed by atoms with E-state index in [0.717, 1.165) is 12.1 Å². The molecule has 1 aliphatic rings. The van der Waals surface area contributed by atoms with Crippen LogP contribution in [0, 0.1) is 0 Å². The van der Waals surface area contributed by atoms with Crippen molar-refractivity contribution < 1.29 is 27.8 Å². The van der Waals surface area contributed by atoms with Gasteiger partial charge >= 0.3 is 12.1 Å². The van der Waals surface area contributed by atoms with Crippen LogP contribution in [-0.4, -0.2) is 22.8 Å². The molecule has 0 radical (unpaired) electrons. The Hall–Kier alpha value is -2.22. The molecule has 0 bridgehead atoms. The van der Waals surface area contributed by atoms with Crippen LogP contribution in [0.4, 0.5) is 13.2 Å². The summed E-state index contributed by atoms with van der Waals surface area (Å²) >= 11 is 5.67. The van der Waals surface area contributed by atoms with Gasteiger partial charge in [0.25, 0.3) is 0 Å². The Morgan fingerprint density at radius 1 is 1.38 bits per heavy atom. The van der Waals surface area contributed by atoms with Gasteiger partial charge in [-0.1, -0.05) is 11.6 Å². The smallest absolute Gasteiger partial charge is 0.417 e. The second-order valence-electron chi connectivity index (χ2n) is 5.47. The van der Waals surface area contributed by atoms with Crippen LogP contribution in [0.1, 0.15) is 34.8 Å². The number of fused-ring (bicyclic) bond motifs is 1. The summed E-state index contributed by atoms with van der Waals surface area (Å²) in [5.41, 5.74) is -2.67. The van der Waals surface area contributed by atoms with Crippen molar-refractivity contribution in [3.8, 4) is 5.88 Å². The summed E-state index contributed by atoms with van der Waals surface area (Å²) in [6.07, 6.45) is -3.40. The molecule has 1 heterocycles. The van der Waals surface area contributed by atoms with Crippen LogP contribution in [0.5, 0.6) is 5.88 Å². The third kappa shape index (κ3) is 2.50. The largest absolute Gasteiger partial charge is 0.481 e. The quantitative estimate of drug-likeness (QED) is 0.904. The average molecular weight is 362 g/mol. The lowest BCUT2D eigenvalue weighted by Gasteiger charge is -2.19. The standard InChI is InChI=1S/C15H11ClF3NO4/c1-24-13-11(14(22)23)12(21)7-4-9(16)8(15(17,18)19)5-10(7)20(13)6-2-3-6/h4-6H,2-3H2,1H3,(H,22,23). The number of benzene rings is 1. The molecule has 3 rings (SSSR count). The van der Waals surface area contributed by atoms with Crippen LogP contribution >= 0.6 is 11.6 Å². The molecule has 5 nitrogen and oxygen atoms in total. The molecule has 9 heteroatoms. The van der Waals surface area contributed by atoms with Crippen molar-refractivity contribution >= 4 is 28.5 Å². The number of hydrogen-bond donors (Lipinski definition) is 1. The zero-order chi connectivity index (χ0) is 17.8. The first kappa shape index (κ1) is 16.6. The van der Waals surface area contributed by atoms with E-state index in [1.807, 2.05) is 0 Å². The highest BCUT2D eigenvalue weighted by atomic mass is 35.5. The lowest BCUT2D eigenvalue weighted by molar-refractivity contribution is -0.137. The van der Waals surface area contributed by atoms with Crippen LogP contribution in [0.2, 0.25) is 5.02 Å². The second kappa shape index (κ2) is 5.41. The van der Waals surface area contributed by atoms with Crippen LogP contribution in [0.15, 0.2) is 16.9 Å². The molecule has 128 valence electrons. The molecule has 0 amide bonds. The number of rotatable bonds is 3. The van der Waals surface area contributed by atoms with Gasteiger partial charge in [0, 0.05) is 11.4 Å². The van der Waals surface area contributed by atoms with Crippen molar-refractivity contribution in [1.82, 2.24) is 4.57 Å². The first-order valence-electron chi connectivity index (χ1n) is 6.93. The first-order valence-corrected chi connectivity index (χ1v) is 7.30. The maximum absolute atomic E-state index is 13.1. The van der Waals surface area contributed by atoms with E-state index in [0.29, 0.717) is 12.8 Å². The normalized spacial score (nSPS) is 14.9. The summed E-state index contributed by atoms with van der Waals surface area (Å²) in [5.74, 6) is -1.76. The van der Waals surface area contributed by atoms with Crippen LogP contribution < -0.4 is 10.2 Å². The Labute approximate surface area is 138 Å². The predicted octanol–water partition coefficient (Wildman–Crippen LogP) is 3.72. The molecule has 1 fully saturated rings. The number of ether oxygens (including phenoxy) is 1. The number of methoxy groups -OCH3 is 1. The number of nitrogens with zero attached hydrogens (tertiary/aromatic N) is 1. The minimum atomic E-state index is -4.70. The topological polar surface area (TPSA) is 68.5 Å². The highest BCUT2D eigenvalue weighted by molar-refractivity contribution is 6.32. The van der Waals surface area contributed by atoms with Gasteiger partial charge in [0.1, 0.15) is 0 Å². The van der Waals surface area contributed by atoms with Gasteiger partial charge in [-0.05, 0) is 25.0 Å². The number of halogens is 4. The first-order chi connectivity index (χ1) is 11.2. The lowest BCUT2D eigenvalue weighted by atomic mass is 10.1. The Morgan fingerprint density at radius 3 is 2.46 bits per heavy atom. The molecular weight excluding hydrogens is 351 g/mol. The predicted molar refractivity (Wildman–Crippen MR) is 80.0 cm³/mol. The summed E-state index contributed by atoms with van der Waals surface area (Å²) in [4.78, 5) is 23.9. The van der Waals surface area contributed by atoms with E-state index in [4.69, 9.17) is 16.3 Å². The van der Waals surface area contributed by atoms with Crippen LogP contribution in [-0.2, 0) is 6.18 Å². The summed E-state index contributed by atoms with van der Waals surface area (Å²) < 4.78 is 45.7. The van der Waals surface area contributed by atoms with Gasteiger partial charge < -0.3 is 14.4 Å². The summed E-state index contributed by atoms with van der Waals surface area (Å²) in [6, 6.07) is 1.42. The maximum Gasteiger partial charge on any atom is 0.417 e. The van der Waals surface area contributed by atoms with E-state index in [1.165, 1.54) is 11.7 Å². The molecular formula is C15H11ClF3NO4. The second-order valence-corrected chi connectivity index (χ2v) is 5.87. The Morgan fingerprint density at radius 2 is 2.00 bits per heavy atom. The molecule has 2 aromatic rings. The van der Waals surface area contributed by atoms with Gasteiger partial charge in [-0.15, -0.1) is 0 Å². The Balaban J connectivity index is 2.51. The number of aromatic nitrogens is 1. The highest BCUT2D eigenvalue weighted by Gasteiger charge is 2.37. The van der Waals surface area contributed by atoms with E-state index in [-0.39, 0.29) is 22.8 Å². The number of hydrogen-bond acceptors (Lipinski definition) is 3. The number of alkyl halides is 3. The van der Waals surface area contributed by atoms with Crippen molar-refractivity contribution in [3.63, 3.8) is 0 Å². The maximum atomic E-state index is 13.1. The minimum Gasteiger partial charge on any atom is -0.481 e. The molecule has 1 N–H and O–H groups in total. The van der Waals surface area contributed by atoms with Crippen molar-refractivity contribution in [2.75, 3.05) is 7.11 Å². The zero-order valence-corrected chi connectivity index (χ0v) is 13.0. The molecule has 0 aliphatic heterocycles. The van der Waals surface area contributed by atoms with Gasteiger partial charge in [-0.25, -0.2) is 4.79 Å². The van der Waals surface area contributed by atoms with Gasteiger partial charge in [0.2, 0.25) is 11.3 Å². The zero-order valence-electron chi connectivity index (χ0n) is 12.3. The van der Waals surface area contributed by atoms with E-state index in [2.05, 4.69) is 0 Å². The van der Waals surface area contributed by atoms with Gasteiger partial charge in [0.05, 0.1) is 23.2 Å². The molecule has 24 heavy (non-hydrogen) atoms. The number of pyridine rings is 1. The molecule has 1 aromatic carbocycles. The molecule has 0 atom stereocenters. The summed E-state index contributed by atoms with van der Waals surface area (Å²) in [5, 5.41) is 8.47. The van der Waals surface area contributed by atoms with E-state index in [1.54, 1.807) is 0 Å². The summed E-state index contributed by atoms with van der Waals surface area (Å²) in [6.45, 7) is 0. The fraction of sp³-hybridized carbons (Fsp3) is 0.333. The molecule has 0 spiro atoms. The third-order valence-corrected chi connectivity index (χ3v) is 4.19. The van der Waals surface area contributed by atoms with Gasteiger partial charge in [-0.2, -0.15) is 13.2 Å². The van der Waals surface area contributed by atoms with E-state index < -0.39 is 33.7 Å². The summed E-state index contributed by atoms with van der Waals surface area (Å²) in [7, 11) is 1.17. The number of carboxylic acids is 1. The minimum absolute atomic E-state index is 0.0407. The van der Waals surface area contributed by atoms with E-state index in [9.17, 15) is 27.9 Å². The SMILES string of the molecule is COc1c(C(=O)O)c(=O)c2cc(Cl)c(C(F)(F)F)cc2n1C1CC1. The average Bonchev–Trinajstić information content (AvgIpc) is 3.29. The monoisotopic (exact) mass is 361 g/mol. The third-order valence-electron chi connectivity index (χ3n) is 3.87.